The van der Waals surface area contributed by atoms with Gasteiger partial charge in [-0.05, 0) is 119 Å². The van der Waals surface area contributed by atoms with Gasteiger partial charge < -0.3 is 81.9 Å². The first-order valence-electron chi connectivity index (χ1n) is 39.1. The van der Waals surface area contributed by atoms with Gasteiger partial charge in [0.2, 0.25) is 105 Å². The molecule has 0 radical (unpaired) electrons. The number of rotatable bonds is 32. The number of carbonyl (C=O) groups excluding carboxylic acids is 4. The van der Waals surface area contributed by atoms with E-state index in [0.717, 1.165) is 22.4 Å². The minimum atomic E-state index is -4.91. The van der Waals surface area contributed by atoms with Crippen LogP contribution >= 0.6 is 68.6 Å². The van der Waals surface area contributed by atoms with E-state index in [-0.39, 0.29) is 54.9 Å². The molecule has 10 rings (SSSR count). The first kappa shape index (κ1) is 116. The second-order valence-electron chi connectivity index (χ2n) is 28.6. The summed E-state index contributed by atoms with van der Waals surface area (Å²) in [5.74, 6) is -44.3. The molecule has 8 aromatic rings. The van der Waals surface area contributed by atoms with Crippen molar-refractivity contribution in [3.63, 3.8) is 0 Å². The van der Waals surface area contributed by atoms with E-state index in [4.69, 9.17) is 49.2 Å². The molecule has 2 fully saturated rings. The summed E-state index contributed by atoms with van der Waals surface area (Å²) in [5.41, 5.74) is 2.87. The molecule has 135 heavy (non-hydrogen) atoms. The maximum Gasteiger partial charge on any atom is 0.513 e. The number of hydrogen-bond acceptors (Lipinski definition) is 30. The van der Waals surface area contributed by atoms with Crippen LogP contribution in [0.3, 0.4) is 0 Å². The Kier molecular flexibility index (Phi) is 45.4. The van der Waals surface area contributed by atoms with Gasteiger partial charge in [-0.3, -0.25) is 47.9 Å². The zero-order chi connectivity index (χ0) is 102. The molecule has 2 aliphatic heterocycles. The van der Waals surface area contributed by atoms with Gasteiger partial charge in [0, 0.05) is 33.9 Å². The predicted octanol–water partition coefficient (Wildman–Crippen LogP) is 11.9. The van der Waals surface area contributed by atoms with Crippen molar-refractivity contribution in [2.45, 2.75) is 177 Å². The van der Waals surface area contributed by atoms with Crippen molar-refractivity contribution < 1.29 is 175 Å². The van der Waals surface area contributed by atoms with Gasteiger partial charge in [-0.1, -0.05) is 54.6 Å². The van der Waals surface area contributed by atoms with E-state index in [2.05, 4.69) is 38.8 Å². The Morgan fingerprint density at radius 1 is 0.407 bits per heavy atom. The Hall–Kier alpha value is -9.98. The van der Waals surface area contributed by atoms with E-state index in [1.54, 1.807) is 39.0 Å². The number of nitrogens with two attached hydrogens (primary N) is 1. The zero-order valence-corrected chi connectivity index (χ0v) is 78.2. The number of carbonyl (C=O) groups is 4. The van der Waals surface area contributed by atoms with Gasteiger partial charge in [0.15, 0.2) is 0 Å². The number of aromatic amines is 2. The molecule has 6 aromatic carbocycles. The van der Waals surface area contributed by atoms with Crippen LogP contribution in [0.5, 0.6) is 34.5 Å². The van der Waals surface area contributed by atoms with Crippen LogP contribution < -0.4 is 70.6 Å². The van der Waals surface area contributed by atoms with E-state index in [1.807, 2.05) is 0 Å². The number of ether oxygens (including phenoxy) is 4. The van der Waals surface area contributed by atoms with E-state index in [1.165, 1.54) is 170 Å². The highest BCUT2D eigenvalue weighted by Gasteiger charge is 2.47. The van der Waals surface area contributed by atoms with Crippen molar-refractivity contribution in [1.82, 2.24) is 34.4 Å². The number of hydrogen-bond donors (Lipinski definition) is 11. The van der Waals surface area contributed by atoms with Crippen LogP contribution in [-0.4, -0.2) is 167 Å². The molecule has 0 saturated carbocycles. The second-order valence-corrected chi connectivity index (χ2v) is 36.4. The van der Waals surface area contributed by atoms with Crippen molar-refractivity contribution in [2.75, 3.05) is 13.2 Å². The van der Waals surface area contributed by atoms with Gasteiger partial charge in [0.25, 0.3) is 11.1 Å². The summed E-state index contributed by atoms with van der Waals surface area (Å²) in [6.07, 6.45) is -3.63. The van der Waals surface area contributed by atoms with Crippen LogP contribution in [-0.2, 0) is 56.3 Å². The van der Waals surface area contributed by atoms with Gasteiger partial charge in [-0.15, -0.1) is 35.9 Å². The third-order valence-corrected chi connectivity index (χ3v) is 24.3. The van der Waals surface area contributed by atoms with Crippen molar-refractivity contribution in [1.29, 1.82) is 1.28 Å². The molecule has 35 nitrogen and oxygen atoms in total. The van der Waals surface area contributed by atoms with Crippen molar-refractivity contribution >= 4 is 92.5 Å². The van der Waals surface area contributed by atoms with Crippen LogP contribution in [0.2, 0.25) is 0 Å². The number of halogens is 16. The molecule has 2 unspecified atom stereocenters. The average molecular weight is 2080 g/mol. The molecule has 12 N–H and O–H groups in total. The second kappa shape index (κ2) is 53.1. The lowest BCUT2D eigenvalue weighted by atomic mass is 10.1. The standard InChI is InChI=1S/3C18H17F5NO5P.C9H13N2O5PS.C9H12N2O5S.C6H13NO2.ClH/c3*1-9(2)27-18(25)10(3)24-30(26,28-11-7-5-4-6-8-11)29-17-15(22)13(20)12(19)14(21)16(17)23;12-5-1-2-11(9(15)10-5)8-7(14)6(13)4(18-8)3-16-17;12-3-4-6(14)7(15)8(17-4)11-2-1-5(13)10-9(11)16;1-4(2)9-6(8)5(3)7;/h3*4-10H,1-3H3,(H,24,26);1-2,4,6-8,13-14H,3,17H2,(H,10,12,15);1-2,4,6-8,12,14-15H,3H2,(H,10,13,16);4-5H,7H2,1-3H3;1H/t10-,30?;10-,30+;10-,30-;2*4-,6-,7-,8-;5-;/m100111./s1/i;;;17D;;;/t;;;4-,6-,7-,8-,17?;;m;. The molecule has 0 aliphatic carbocycles. The topological polar surface area (TPSA) is 494 Å². The zero-order valence-electron chi connectivity index (χ0n) is 73.0. The van der Waals surface area contributed by atoms with Gasteiger partial charge >= 0.3 is 58.5 Å². The van der Waals surface area contributed by atoms with Crippen LogP contribution in [0.4, 0.5) is 65.9 Å². The molecular formula is C78H90ClF15N8O27P4S2. The third-order valence-electron chi connectivity index (χ3n) is 16.3. The van der Waals surface area contributed by atoms with Crippen LogP contribution in [0, 0.1) is 87.3 Å². The molecule has 0 amide bonds. The van der Waals surface area contributed by atoms with Gasteiger partial charge in [0.05, 0.1) is 61.6 Å². The summed E-state index contributed by atoms with van der Waals surface area (Å²) in [6, 6.07) is 18.8. The van der Waals surface area contributed by atoms with Gasteiger partial charge in [-0.2, -0.15) is 41.6 Å². The van der Waals surface area contributed by atoms with E-state index >= 15 is 0 Å². The fourth-order valence-electron chi connectivity index (χ4n) is 10.2. The number of aliphatic hydroxyl groups is 5. The SMILES string of the molecule is CC(C)OC(=O)[C@@H](C)N.CC(C)OC(=O)[C@@H](C)NP(=O)(Oc1ccccc1)Oc1c(F)c(F)c(F)c(F)c1F.CC(C)OC(=O)[C@H](C)N[P@@](=O)(Oc1ccccc1)Oc1c(F)c(F)c(F)c(F)c1F.CC(C)OC(=O)[C@H](C)N[P@](=O)(Oc1ccccc1)Oc1c(F)c(F)c(F)c(F)c1F.Cl.O=c1ccn([C@@H]2S[C@H](CO)[C@@H](O)[C@H]2O)c(=O)[nH]1.[2H]POC[C@H]1S[C@@H](n2ccc(=O)[nH]c2=O)[C@H](O)[C@@H]1O. The number of para-hydroxylation sites is 3. The molecule has 748 valence electrons. The summed E-state index contributed by atoms with van der Waals surface area (Å²) in [6.45, 7) is 17.8. The maximum absolute atomic E-state index is 14.0. The number of H-pyrrole nitrogens is 2. The number of aromatic nitrogens is 4. The lowest BCUT2D eigenvalue weighted by Crippen LogP contribution is -2.37. The number of nitrogens with one attached hydrogen (secondary N) is 5. The molecular weight excluding hydrogens is 1990 g/mol. The minimum Gasteiger partial charge on any atom is -0.462 e. The highest BCUT2D eigenvalue weighted by molar-refractivity contribution is 8.00. The quantitative estimate of drug-likeness (QED) is 0.00466. The van der Waals surface area contributed by atoms with Gasteiger partial charge in [-0.25, -0.2) is 62.8 Å². The fourth-order valence-corrected chi connectivity index (χ4v) is 17.9. The first-order chi connectivity index (χ1) is 63.0. The Morgan fingerprint density at radius 3 is 0.874 bits per heavy atom. The molecule has 2 aliphatic rings. The summed E-state index contributed by atoms with van der Waals surface area (Å²) in [4.78, 5) is 95.8. The van der Waals surface area contributed by atoms with Crippen LogP contribution in [0.25, 0.3) is 0 Å². The maximum atomic E-state index is 14.0. The third kappa shape index (κ3) is 33.7. The monoisotopic (exact) mass is 2080 g/mol. The molecule has 16 atom stereocenters. The average Bonchev–Trinajstić information content (AvgIpc) is 1.30. The van der Waals surface area contributed by atoms with Crippen LogP contribution in [0.15, 0.2) is 135 Å². The summed E-state index contributed by atoms with van der Waals surface area (Å²) < 4.78 is 307. The minimum absolute atomic E-state index is 0. The molecule has 0 spiro atoms. The summed E-state index contributed by atoms with van der Waals surface area (Å²) in [5, 5.41) is 52.0. The van der Waals surface area contributed by atoms with Crippen molar-refractivity contribution in [3.05, 3.63) is 244 Å². The molecule has 4 heterocycles. The van der Waals surface area contributed by atoms with E-state index in [9.17, 15) is 138 Å². The Bertz CT molecular complexity index is 5320. The largest absolute Gasteiger partial charge is 0.513 e. The Morgan fingerprint density at radius 2 is 0.652 bits per heavy atom. The first-order valence-corrected chi connectivity index (χ1v) is 45.5. The van der Waals surface area contributed by atoms with Crippen molar-refractivity contribution in [2.24, 2.45) is 5.73 Å². The number of benzene rings is 6. The molecule has 2 saturated heterocycles. The lowest BCUT2D eigenvalue weighted by Gasteiger charge is -2.24. The summed E-state index contributed by atoms with van der Waals surface area (Å²) >= 11 is 2.27. The predicted molar refractivity (Wildman–Crippen MR) is 458 cm³/mol. The number of thioether (sulfide) groups is 2. The van der Waals surface area contributed by atoms with Gasteiger partial charge in [0.1, 0.15) is 64.4 Å². The lowest BCUT2D eigenvalue weighted by molar-refractivity contribution is -0.149. The highest BCUT2D eigenvalue weighted by atomic mass is 35.5. The normalized spacial score (nSPS) is 18.9. The van der Waals surface area contributed by atoms with Crippen molar-refractivity contribution in [3.8, 4) is 34.5 Å². The Balaban J connectivity index is 0.000000351. The smallest absolute Gasteiger partial charge is 0.462 e. The number of nitrogens with zero attached hydrogens (tertiary/aromatic N) is 2. The number of esters is 4. The molecule has 0 bridgehead atoms. The molecule has 2 aromatic heterocycles. The van der Waals surface area contributed by atoms with E-state index in [0.29, 0.717) is 0 Å². The summed E-state index contributed by atoms with van der Waals surface area (Å²) in [7, 11) is -15.2. The Labute approximate surface area is 774 Å². The fraction of sp³-hybridized carbons (Fsp3) is 0.385. The highest BCUT2D eigenvalue weighted by Crippen LogP contribution is 2.52. The van der Waals surface area contributed by atoms with E-state index < -0.39 is 266 Å². The number of aliphatic hydroxyl groups excluding tert-OH is 5. The van der Waals surface area contributed by atoms with Crippen LogP contribution in [0.1, 0.15) is 93.8 Å². The molecule has 57 heteroatoms.